The van der Waals surface area contributed by atoms with Crippen molar-refractivity contribution in [2.45, 2.75) is 59.8 Å². The van der Waals surface area contributed by atoms with E-state index in [0.717, 1.165) is 26.2 Å². The van der Waals surface area contributed by atoms with Crippen LogP contribution in [0.25, 0.3) is 0 Å². The van der Waals surface area contributed by atoms with Crippen LogP contribution in [-0.2, 0) is 0 Å². The van der Waals surface area contributed by atoms with Crippen molar-refractivity contribution in [1.82, 2.24) is 9.80 Å². The molecule has 0 atom stereocenters. The number of nitrogens with zero attached hydrogens (tertiary/aromatic N) is 4. The van der Waals surface area contributed by atoms with Gasteiger partial charge in [-0.15, -0.1) is 0 Å². The second-order valence-corrected chi connectivity index (χ2v) is 9.68. The van der Waals surface area contributed by atoms with Crippen LogP contribution in [0, 0.1) is 5.92 Å². The van der Waals surface area contributed by atoms with E-state index in [1.54, 1.807) is 0 Å². The zero-order chi connectivity index (χ0) is 23.1. The lowest BCUT2D eigenvalue weighted by Gasteiger charge is -2.39. The minimum absolute atomic E-state index is 0.407. The molecule has 1 aliphatic heterocycles. The highest BCUT2D eigenvalue weighted by Crippen LogP contribution is 2.25. The molecule has 1 aliphatic rings. The molecule has 4 nitrogen and oxygen atoms in total. The molecule has 174 valence electrons. The van der Waals surface area contributed by atoms with Crippen molar-refractivity contribution in [3.63, 3.8) is 0 Å². The maximum atomic E-state index is 2.53. The Balaban J connectivity index is 1.63. The molecule has 2 aromatic rings. The van der Waals surface area contributed by atoms with Gasteiger partial charge in [0, 0.05) is 62.0 Å². The Hall–Kier alpha value is -2.62. The van der Waals surface area contributed by atoms with Crippen molar-refractivity contribution in [2.75, 3.05) is 36.0 Å². The van der Waals surface area contributed by atoms with Crippen molar-refractivity contribution < 1.29 is 0 Å². The second kappa shape index (κ2) is 11.3. The predicted molar refractivity (Wildman–Crippen MR) is 139 cm³/mol. The summed E-state index contributed by atoms with van der Waals surface area (Å²) < 4.78 is 0. The first-order chi connectivity index (χ1) is 15.4. The summed E-state index contributed by atoms with van der Waals surface area (Å²) in [5.41, 5.74) is 2.61. The highest BCUT2D eigenvalue weighted by Gasteiger charge is 2.29. The van der Waals surface area contributed by atoms with Crippen LogP contribution in [-0.4, -0.2) is 54.2 Å². The molecule has 0 unspecified atom stereocenters. The van der Waals surface area contributed by atoms with E-state index in [9.17, 15) is 0 Å². The maximum absolute atomic E-state index is 2.53. The Labute approximate surface area is 196 Å². The first kappa shape index (κ1) is 24.0. The number of hydrogen-bond donors (Lipinski definition) is 0. The van der Waals surface area contributed by atoms with Crippen molar-refractivity contribution in [2.24, 2.45) is 5.92 Å². The molecule has 0 spiro atoms. The average Bonchev–Trinajstić information content (AvgIpc) is 3.18. The topological polar surface area (TPSA) is 13.0 Å². The standard InChI is InChI=1S/C28H42N4/c1-23(2)28-29(19-21-31(24(3)4)26-13-9-7-10-14-26)17-18-30(28)20-22-32(25(5)6)27-15-11-8-12-16-27/h7-18,23-25,28H,19-22H2,1-6H3. The number of anilines is 2. The predicted octanol–water partition coefficient (Wildman–Crippen LogP) is 5.89. The Morgan fingerprint density at radius 2 is 1.00 bits per heavy atom. The minimum atomic E-state index is 0.407. The molecule has 32 heavy (non-hydrogen) atoms. The van der Waals surface area contributed by atoms with Gasteiger partial charge in [0.05, 0.1) is 0 Å². The SMILES string of the molecule is CC(C)C1N(CCN(c2ccccc2)C(C)C)C=CN1CCN(c1ccccc1)C(C)C. The largest absolute Gasteiger partial charge is 0.367 e. The molecule has 0 aliphatic carbocycles. The fourth-order valence-electron chi connectivity index (χ4n) is 4.77. The van der Waals surface area contributed by atoms with Gasteiger partial charge in [0.15, 0.2) is 0 Å². The van der Waals surface area contributed by atoms with Gasteiger partial charge in [-0.25, -0.2) is 0 Å². The summed E-state index contributed by atoms with van der Waals surface area (Å²) in [5.74, 6) is 0.554. The zero-order valence-electron chi connectivity index (χ0n) is 20.9. The van der Waals surface area contributed by atoms with E-state index in [1.165, 1.54) is 11.4 Å². The number of rotatable bonds is 11. The number of benzene rings is 2. The highest BCUT2D eigenvalue weighted by atomic mass is 15.4. The third kappa shape index (κ3) is 5.99. The smallest absolute Gasteiger partial charge is 0.103 e. The third-order valence-electron chi connectivity index (χ3n) is 6.35. The van der Waals surface area contributed by atoms with Crippen LogP contribution in [0.2, 0.25) is 0 Å². The third-order valence-corrected chi connectivity index (χ3v) is 6.35. The summed E-state index contributed by atoms with van der Waals surface area (Å²) in [6.07, 6.45) is 5.01. The van der Waals surface area contributed by atoms with Gasteiger partial charge in [-0.1, -0.05) is 50.2 Å². The first-order valence-electron chi connectivity index (χ1n) is 12.2. The molecule has 0 aromatic heterocycles. The Morgan fingerprint density at radius 3 is 1.31 bits per heavy atom. The van der Waals surface area contributed by atoms with E-state index in [2.05, 4.69) is 134 Å². The van der Waals surface area contributed by atoms with Crippen molar-refractivity contribution in [1.29, 1.82) is 0 Å². The molecule has 2 aromatic carbocycles. The number of para-hydroxylation sites is 2. The normalized spacial score (nSPS) is 14.3. The van der Waals surface area contributed by atoms with Crippen molar-refractivity contribution >= 4 is 11.4 Å². The molecule has 0 saturated heterocycles. The molecule has 1 heterocycles. The van der Waals surface area contributed by atoms with Gasteiger partial charge in [0.25, 0.3) is 0 Å². The molecule has 0 saturated carbocycles. The molecule has 4 heteroatoms. The fourth-order valence-corrected chi connectivity index (χ4v) is 4.77. The minimum Gasteiger partial charge on any atom is -0.367 e. The first-order valence-corrected chi connectivity index (χ1v) is 12.2. The van der Waals surface area contributed by atoms with Crippen LogP contribution in [0.15, 0.2) is 73.1 Å². The van der Waals surface area contributed by atoms with Gasteiger partial charge in [0.2, 0.25) is 0 Å². The van der Waals surface area contributed by atoms with Gasteiger partial charge < -0.3 is 19.6 Å². The van der Waals surface area contributed by atoms with Gasteiger partial charge in [0.1, 0.15) is 6.17 Å². The lowest BCUT2D eigenvalue weighted by Crippen LogP contribution is -2.48. The summed E-state index contributed by atoms with van der Waals surface area (Å²) in [7, 11) is 0. The summed E-state index contributed by atoms with van der Waals surface area (Å²) >= 11 is 0. The van der Waals surface area contributed by atoms with Crippen molar-refractivity contribution in [3.05, 3.63) is 73.1 Å². The van der Waals surface area contributed by atoms with Gasteiger partial charge in [-0.05, 0) is 57.9 Å². The van der Waals surface area contributed by atoms with E-state index < -0.39 is 0 Å². The Morgan fingerprint density at radius 1 is 0.625 bits per heavy atom. The highest BCUT2D eigenvalue weighted by molar-refractivity contribution is 5.47. The monoisotopic (exact) mass is 434 g/mol. The van der Waals surface area contributed by atoms with E-state index in [4.69, 9.17) is 0 Å². The van der Waals surface area contributed by atoms with Gasteiger partial charge in [-0.2, -0.15) is 0 Å². The van der Waals surface area contributed by atoms with Gasteiger partial charge >= 0.3 is 0 Å². The second-order valence-electron chi connectivity index (χ2n) is 9.68. The van der Waals surface area contributed by atoms with E-state index in [-0.39, 0.29) is 0 Å². The maximum Gasteiger partial charge on any atom is 0.103 e. The summed E-state index contributed by atoms with van der Waals surface area (Å²) in [5, 5.41) is 0. The molecule has 3 rings (SSSR count). The van der Waals surface area contributed by atoms with E-state index in [1.807, 2.05) is 0 Å². The summed E-state index contributed by atoms with van der Waals surface area (Å²) in [4.78, 5) is 10.1. The van der Waals surface area contributed by atoms with Crippen LogP contribution in [0.3, 0.4) is 0 Å². The quantitative estimate of drug-likeness (QED) is 0.437. The van der Waals surface area contributed by atoms with Gasteiger partial charge in [-0.3, -0.25) is 0 Å². The Bertz CT molecular complexity index is 750. The van der Waals surface area contributed by atoms with E-state index >= 15 is 0 Å². The Kier molecular flexibility index (Phi) is 8.49. The lowest BCUT2D eigenvalue weighted by molar-refractivity contribution is 0.110. The van der Waals surface area contributed by atoms with Crippen LogP contribution in [0.1, 0.15) is 41.5 Å². The molecular formula is C28H42N4. The molecule has 0 amide bonds. The van der Waals surface area contributed by atoms with Crippen LogP contribution in [0.4, 0.5) is 11.4 Å². The molecule has 0 N–H and O–H groups in total. The number of hydrogen-bond acceptors (Lipinski definition) is 4. The van der Waals surface area contributed by atoms with Crippen LogP contribution >= 0.6 is 0 Å². The van der Waals surface area contributed by atoms with Crippen LogP contribution in [0.5, 0.6) is 0 Å². The van der Waals surface area contributed by atoms with Crippen molar-refractivity contribution in [3.8, 4) is 0 Å². The molecule has 0 radical (unpaired) electrons. The summed E-state index contributed by atoms with van der Waals surface area (Å²) in [6.45, 7) is 17.9. The molecular weight excluding hydrogens is 392 g/mol. The lowest BCUT2D eigenvalue weighted by atomic mass is 10.1. The average molecular weight is 435 g/mol. The van der Waals surface area contributed by atoms with E-state index in [0.29, 0.717) is 24.2 Å². The summed E-state index contributed by atoms with van der Waals surface area (Å²) in [6, 6.07) is 22.5. The fraction of sp³-hybridized carbons (Fsp3) is 0.500. The molecule has 0 fully saturated rings. The molecule has 0 bridgehead atoms. The zero-order valence-corrected chi connectivity index (χ0v) is 20.9. The van der Waals surface area contributed by atoms with Crippen LogP contribution < -0.4 is 9.80 Å².